The van der Waals surface area contributed by atoms with Gasteiger partial charge in [-0.3, -0.25) is 5.32 Å². The number of carboxylic acid groups (broad SMARTS) is 1. The SMILES string of the molecule is CCc1ccc(NC(=O)O)nc1. The minimum absolute atomic E-state index is 0.361. The highest BCUT2D eigenvalue weighted by molar-refractivity contribution is 5.81. The summed E-state index contributed by atoms with van der Waals surface area (Å²) in [6.07, 6.45) is 1.47. The van der Waals surface area contributed by atoms with Crippen LogP contribution in [0.25, 0.3) is 0 Å². The molecule has 1 aromatic rings. The van der Waals surface area contributed by atoms with Crippen LogP contribution in [0.15, 0.2) is 18.3 Å². The van der Waals surface area contributed by atoms with Crippen molar-refractivity contribution in [3.8, 4) is 0 Å². The molecule has 4 nitrogen and oxygen atoms in total. The van der Waals surface area contributed by atoms with Crippen LogP contribution in [0.3, 0.4) is 0 Å². The van der Waals surface area contributed by atoms with E-state index < -0.39 is 6.09 Å². The molecule has 1 aromatic heterocycles. The lowest BCUT2D eigenvalue weighted by Gasteiger charge is -1.99. The Labute approximate surface area is 70.3 Å². The van der Waals surface area contributed by atoms with Crippen molar-refractivity contribution in [1.29, 1.82) is 0 Å². The van der Waals surface area contributed by atoms with E-state index in [4.69, 9.17) is 5.11 Å². The maximum absolute atomic E-state index is 10.2. The molecule has 2 N–H and O–H groups in total. The fourth-order valence-electron chi connectivity index (χ4n) is 0.817. The van der Waals surface area contributed by atoms with Crippen LogP contribution in [0.4, 0.5) is 10.6 Å². The molecule has 12 heavy (non-hydrogen) atoms. The number of carbonyl (C=O) groups is 1. The molecule has 0 bridgehead atoms. The first-order chi connectivity index (χ1) is 5.72. The summed E-state index contributed by atoms with van der Waals surface area (Å²) < 4.78 is 0. The molecule has 0 radical (unpaired) electrons. The lowest BCUT2D eigenvalue weighted by Crippen LogP contribution is -2.08. The molecule has 0 aliphatic carbocycles. The van der Waals surface area contributed by atoms with Crippen LogP contribution in [-0.4, -0.2) is 16.2 Å². The second-order valence-corrected chi connectivity index (χ2v) is 2.34. The molecular weight excluding hydrogens is 156 g/mol. The van der Waals surface area contributed by atoms with Gasteiger partial charge in [0.05, 0.1) is 0 Å². The first-order valence-corrected chi connectivity index (χ1v) is 3.67. The van der Waals surface area contributed by atoms with Gasteiger partial charge in [0.1, 0.15) is 5.82 Å². The molecule has 1 heterocycles. The number of nitrogens with one attached hydrogen (secondary N) is 1. The fraction of sp³-hybridized carbons (Fsp3) is 0.250. The average Bonchev–Trinajstić information content (AvgIpc) is 2.05. The first-order valence-electron chi connectivity index (χ1n) is 3.67. The number of nitrogens with zero attached hydrogens (tertiary/aromatic N) is 1. The van der Waals surface area contributed by atoms with Crippen LogP contribution in [-0.2, 0) is 6.42 Å². The molecule has 64 valence electrons. The van der Waals surface area contributed by atoms with E-state index in [1.165, 1.54) is 0 Å². The molecule has 0 atom stereocenters. The van der Waals surface area contributed by atoms with Crippen LogP contribution in [0.5, 0.6) is 0 Å². The molecule has 0 saturated heterocycles. The molecule has 0 aliphatic heterocycles. The van der Waals surface area contributed by atoms with E-state index in [0.717, 1.165) is 12.0 Å². The highest BCUT2D eigenvalue weighted by Gasteiger charge is 1.97. The van der Waals surface area contributed by atoms with E-state index >= 15 is 0 Å². The van der Waals surface area contributed by atoms with Gasteiger partial charge in [-0.25, -0.2) is 9.78 Å². The number of hydrogen-bond acceptors (Lipinski definition) is 2. The second-order valence-electron chi connectivity index (χ2n) is 2.34. The van der Waals surface area contributed by atoms with Crippen molar-refractivity contribution in [2.45, 2.75) is 13.3 Å². The van der Waals surface area contributed by atoms with Crippen molar-refractivity contribution in [1.82, 2.24) is 4.98 Å². The number of aromatic nitrogens is 1. The van der Waals surface area contributed by atoms with Crippen molar-refractivity contribution in [2.24, 2.45) is 0 Å². The second kappa shape index (κ2) is 3.71. The number of pyridine rings is 1. The Morgan fingerprint density at radius 2 is 2.42 bits per heavy atom. The van der Waals surface area contributed by atoms with Crippen molar-refractivity contribution < 1.29 is 9.90 Å². The molecule has 0 aromatic carbocycles. The van der Waals surface area contributed by atoms with Gasteiger partial charge >= 0.3 is 6.09 Å². The summed E-state index contributed by atoms with van der Waals surface area (Å²) in [5, 5.41) is 10.5. The van der Waals surface area contributed by atoms with E-state index in [2.05, 4.69) is 10.3 Å². The van der Waals surface area contributed by atoms with Crippen molar-refractivity contribution in [3.63, 3.8) is 0 Å². The smallest absolute Gasteiger partial charge is 0.410 e. The van der Waals surface area contributed by atoms with Crippen LogP contribution >= 0.6 is 0 Å². The third kappa shape index (κ3) is 2.23. The van der Waals surface area contributed by atoms with E-state index in [1.807, 2.05) is 13.0 Å². The number of anilines is 1. The maximum atomic E-state index is 10.2. The predicted molar refractivity (Wildman–Crippen MR) is 45.3 cm³/mol. The van der Waals surface area contributed by atoms with Gasteiger partial charge < -0.3 is 5.11 Å². The normalized spacial score (nSPS) is 9.42. The number of amides is 1. The summed E-state index contributed by atoms with van der Waals surface area (Å²) in [5.74, 6) is 0.361. The molecule has 0 spiro atoms. The average molecular weight is 166 g/mol. The zero-order chi connectivity index (χ0) is 8.97. The van der Waals surface area contributed by atoms with Crippen LogP contribution < -0.4 is 5.32 Å². The molecule has 4 heteroatoms. The lowest BCUT2D eigenvalue weighted by molar-refractivity contribution is 0.209. The van der Waals surface area contributed by atoms with Gasteiger partial charge in [-0.2, -0.15) is 0 Å². The van der Waals surface area contributed by atoms with Crippen molar-refractivity contribution in [2.75, 3.05) is 5.32 Å². The Bertz CT molecular complexity index is 269. The lowest BCUT2D eigenvalue weighted by atomic mass is 10.2. The summed E-state index contributed by atoms with van der Waals surface area (Å²) in [6, 6.07) is 3.49. The summed E-state index contributed by atoms with van der Waals surface area (Å²) >= 11 is 0. The third-order valence-electron chi connectivity index (χ3n) is 1.47. The Balaban J connectivity index is 2.71. The summed E-state index contributed by atoms with van der Waals surface area (Å²) in [5.41, 5.74) is 1.09. The minimum atomic E-state index is -1.09. The summed E-state index contributed by atoms with van der Waals surface area (Å²) in [7, 11) is 0. The quantitative estimate of drug-likeness (QED) is 0.703. The van der Waals surface area contributed by atoms with E-state index in [9.17, 15) is 4.79 Å². The number of hydrogen-bond donors (Lipinski definition) is 2. The summed E-state index contributed by atoms with van der Waals surface area (Å²) in [4.78, 5) is 14.1. The van der Waals surface area contributed by atoms with Gasteiger partial charge in [0.15, 0.2) is 0 Å². The van der Waals surface area contributed by atoms with Crippen molar-refractivity contribution in [3.05, 3.63) is 23.9 Å². The zero-order valence-electron chi connectivity index (χ0n) is 6.74. The Kier molecular flexibility index (Phi) is 2.63. The predicted octanol–water partition coefficient (Wildman–Crippen LogP) is 1.73. The van der Waals surface area contributed by atoms with Gasteiger partial charge in [0, 0.05) is 6.20 Å². The monoisotopic (exact) mass is 166 g/mol. The molecule has 0 unspecified atom stereocenters. The van der Waals surface area contributed by atoms with Gasteiger partial charge in [-0.1, -0.05) is 13.0 Å². The number of rotatable bonds is 2. The topological polar surface area (TPSA) is 62.2 Å². The molecular formula is C8H10N2O2. The van der Waals surface area contributed by atoms with Gasteiger partial charge in [0.25, 0.3) is 0 Å². The Morgan fingerprint density at radius 3 is 2.83 bits per heavy atom. The molecule has 1 rings (SSSR count). The van der Waals surface area contributed by atoms with E-state index in [-0.39, 0.29) is 0 Å². The molecule has 0 aliphatic rings. The molecule has 1 amide bonds. The maximum Gasteiger partial charge on any atom is 0.410 e. The van der Waals surface area contributed by atoms with Gasteiger partial charge in [0.2, 0.25) is 0 Å². The van der Waals surface area contributed by atoms with Crippen LogP contribution in [0.1, 0.15) is 12.5 Å². The van der Waals surface area contributed by atoms with Gasteiger partial charge in [-0.05, 0) is 18.1 Å². The number of aryl methyl sites for hydroxylation is 1. The Morgan fingerprint density at radius 1 is 1.67 bits per heavy atom. The zero-order valence-corrected chi connectivity index (χ0v) is 6.74. The third-order valence-corrected chi connectivity index (χ3v) is 1.47. The highest BCUT2D eigenvalue weighted by Crippen LogP contribution is 2.04. The highest BCUT2D eigenvalue weighted by atomic mass is 16.4. The molecule has 0 saturated carbocycles. The van der Waals surface area contributed by atoms with E-state index in [1.54, 1.807) is 12.3 Å². The first kappa shape index (κ1) is 8.52. The largest absolute Gasteiger partial charge is 0.465 e. The standard InChI is InChI=1S/C8H10N2O2/c1-2-6-3-4-7(9-5-6)10-8(11)12/h3-5H,2H2,1H3,(H,9,10)(H,11,12). The van der Waals surface area contributed by atoms with Crippen LogP contribution in [0.2, 0.25) is 0 Å². The van der Waals surface area contributed by atoms with E-state index in [0.29, 0.717) is 5.82 Å². The Hall–Kier alpha value is -1.58. The van der Waals surface area contributed by atoms with Crippen LogP contribution in [0, 0.1) is 0 Å². The minimum Gasteiger partial charge on any atom is -0.465 e. The van der Waals surface area contributed by atoms with Gasteiger partial charge in [-0.15, -0.1) is 0 Å². The summed E-state index contributed by atoms with van der Waals surface area (Å²) in [6.45, 7) is 2.02. The molecule has 0 fully saturated rings. The fourth-order valence-corrected chi connectivity index (χ4v) is 0.817. The van der Waals surface area contributed by atoms with Crippen molar-refractivity contribution >= 4 is 11.9 Å².